The highest BCUT2D eigenvalue weighted by Gasteiger charge is 2.27. The van der Waals surface area contributed by atoms with Crippen molar-refractivity contribution in [2.24, 2.45) is 5.41 Å². The molecule has 18 heavy (non-hydrogen) atoms. The lowest BCUT2D eigenvalue weighted by Gasteiger charge is -2.36. The van der Waals surface area contributed by atoms with E-state index in [1.807, 2.05) is 18.7 Å². The normalized spacial score (nSPS) is 19.9. The van der Waals surface area contributed by atoms with E-state index < -0.39 is 0 Å². The van der Waals surface area contributed by atoms with Crippen LogP contribution in [0.1, 0.15) is 33.6 Å². The number of hydrogen-bond donors (Lipinski definition) is 1. The number of aromatic nitrogens is 2. The molecule has 0 radical (unpaired) electrons. The molecule has 1 aliphatic rings. The fourth-order valence-electron chi connectivity index (χ4n) is 2.33. The lowest BCUT2D eigenvalue weighted by molar-refractivity contribution is 0.0671. The van der Waals surface area contributed by atoms with Crippen LogP contribution in [0.15, 0.2) is 18.7 Å². The molecule has 0 aliphatic carbocycles. The van der Waals surface area contributed by atoms with Crippen LogP contribution in [0.5, 0.6) is 0 Å². The summed E-state index contributed by atoms with van der Waals surface area (Å²) in [5.74, 6) is 0. The first-order valence-electron chi connectivity index (χ1n) is 6.85. The minimum atomic E-state index is 0.239. The van der Waals surface area contributed by atoms with Crippen molar-refractivity contribution >= 4 is 0 Å². The minimum absolute atomic E-state index is 0.239. The van der Waals surface area contributed by atoms with Crippen LogP contribution in [0.2, 0.25) is 0 Å². The Kier molecular flexibility index (Phi) is 4.40. The number of nitrogens with zero attached hydrogens (tertiary/aromatic N) is 2. The van der Waals surface area contributed by atoms with Crippen LogP contribution in [0.3, 0.4) is 0 Å². The van der Waals surface area contributed by atoms with E-state index in [-0.39, 0.29) is 5.41 Å². The van der Waals surface area contributed by atoms with Gasteiger partial charge in [0, 0.05) is 44.2 Å². The molecule has 1 saturated heterocycles. The van der Waals surface area contributed by atoms with E-state index >= 15 is 0 Å². The van der Waals surface area contributed by atoms with Gasteiger partial charge in [-0.1, -0.05) is 20.8 Å². The summed E-state index contributed by atoms with van der Waals surface area (Å²) in [4.78, 5) is 4.12. The summed E-state index contributed by atoms with van der Waals surface area (Å²) < 4.78 is 7.57. The van der Waals surface area contributed by atoms with Crippen molar-refractivity contribution in [3.63, 3.8) is 0 Å². The van der Waals surface area contributed by atoms with Crippen LogP contribution < -0.4 is 5.32 Å². The summed E-state index contributed by atoms with van der Waals surface area (Å²) in [5, 5.41) is 3.81. The van der Waals surface area contributed by atoms with Gasteiger partial charge >= 0.3 is 0 Å². The molecule has 1 aromatic heterocycles. The number of nitrogens with one attached hydrogen (secondary N) is 1. The standard InChI is InChI=1S/C14H25N3O/c1-14(2,3)13(10-17-7-6-15-11-17)16-12-4-8-18-9-5-12/h6-7,11-13,16H,4-5,8-10H2,1-3H3. The molecule has 4 heteroatoms. The predicted octanol–water partition coefficient (Wildman–Crippen LogP) is 2.07. The number of hydrogen-bond acceptors (Lipinski definition) is 3. The Morgan fingerprint density at radius 1 is 1.39 bits per heavy atom. The van der Waals surface area contributed by atoms with Gasteiger partial charge in [0.15, 0.2) is 0 Å². The molecule has 4 nitrogen and oxygen atoms in total. The molecule has 1 aliphatic heterocycles. The Balaban J connectivity index is 1.96. The molecule has 2 rings (SSSR count). The number of ether oxygens (including phenoxy) is 1. The van der Waals surface area contributed by atoms with Gasteiger partial charge in [0.2, 0.25) is 0 Å². The third kappa shape index (κ3) is 3.82. The summed E-state index contributed by atoms with van der Waals surface area (Å²) in [6, 6.07) is 1.04. The lowest BCUT2D eigenvalue weighted by atomic mass is 9.85. The molecule has 1 unspecified atom stereocenters. The van der Waals surface area contributed by atoms with Gasteiger partial charge in [0.05, 0.1) is 6.33 Å². The van der Waals surface area contributed by atoms with Crippen molar-refractivity contribution in [2.45, 2.75) is 52.2 Å². The van der Waals surface area contributed by atoms with Crippen molar-refractivity contribution in [1.82, 2.24) is 14.9 Å². The molecule has 1 N–H and O–H groups in total. The fourth-order valence-corrected chi connectivity index (χ4v) is 2.33. The molecule has 1 fully saturated rings. The molecule has 102 valence electrons. The molecule has 1 atom stereocenters. The largest absolute Gasteiger partial charge is 0.381 e. The fraction of sp³-hybridized carbons (Fsp3) is 0.786. The third-order valence-corrected chi connectivity index (χ3v) is 3.66. The van der Waals surface area contributed by atoms with Gasteiger partial charge in [-0.15, -0.1) is 0 Å². The van der Waals surface area contributed by atoms with Gasteiger partial charge in [-0.25, -0.2) is 4.98 Å². The maximum absolute atomic E-state index is 5.42. The number of rotatable bonds is 4. The van der Waals surface area contributed by atoms with Crippen LogP contribution in [0.25, 0.3) is 0 Å². The van der Waals surface area contributed by atoms with Crippen molar-refractivity contribution in [1.29, 1.82) is 0 Å². The molecule has 1 aromatic rings. The summed E-state index contributed by atoms with van der Waals surface area (Å²) in [6.45, 7) is 9.63. The Hall–Kier alpha value is -0.870. The molecule has 0 amide bonds. The Morgan fingerprint density at radius 2 is 2.11 bits per heavy atom. The summed E-state index contributed by atoms with van der Waals surface area (Å²) in [5.41, 5.74) is 0.239. The zero-order valence-electron chi connectivity index (χ0n) is 11.7. The Bertz CT molecular complexity index is 336. The zero-order valence-corrected chi connectivity index (χ0v) is 11.7. The number of imidazole rings is 1. The second-order valence-electron chi connectivity index (χ2n) is 6.23. The third-order valence-electron chi connectivity index (χ3n) is 3.66. The van der Waals surface area contributed by atoms with E-state index in [0.717, 1.165) is 32.6 Å². The van der Waals surface area contributed by atoms with E-state index in [0.29, 0.717) is 12.1 Å². The van der Waals surface area contributed by atoms with Gasteiger partial charge < -0.3 is 14.6 Å². The highest BCUT2D eigenvalue weighted by atomic mass is 16.5. The Labute approximate surface area is 110 Å². The topological polar surface area (TPSA) is 39.1 Å². The van der Waals surface area contributed by atoms with Gasteiger partial charge in [-0.05, 0) is 18.3 Å². The van der Waals surface area contributed by atoms with Gasteiger partial charge in [-0.3, -0.25) is 0 Å². The molecule has 0 spiro atoms. The van der Waals surface area contributed by atoms with Crippen molar-refractivity contribution < 1.29 is 4.74 Å². The first-order valence-corrected chi connectivity index (χ1v) is 6.85. The summed E-state index contributed by atoms with van der Waals surface area (Å²) >= 11 is 0. The smallest absolute Gasteiger partial charge is 0.0946 e. The summed E-state index contributed by atoms with van der Waals surface area (Å²) in [7, 11) is 0. The highest BCUT2D eigenvalue weighted by molar-refractivity contribution is 4.87. The highest BCUT2D eigenvalue weighted by Crippen LogP contribution is 2.22. The first kappa shape index (κ1) is 13.6. The van der Waals surface area contributed by atoms with E-state index in [4.69, 9.17) is 4.74 Å². The second-order valence-corrected chi connectivity index (χ2v) is 6.23. The molecule has 0 bridgehead atoms. The molecule has 0 saturated carbocycles. The first-order chi connectivity index (χ1) is 8.55. The van der Waals surface area contributed by atoms with E-state index in [9.17, 15) is 0 Å². The van der Waals surface area contributed by atoms with Crippen LogP contribution >= 0.6 is 0 Å². The van der Waals surface area contributed by atoms with Crippen LogP contribution in [-0.2, 0) is 11.3 Å². The van der Waals surface area contributed by atoms with Gasteiger partial charge in [0.1, 0.15) is 0 Å². The van der Waals surface area contributed by atoms with Crippen molar-refractivity contribution in [2.75, 3.05) is 13.2 Å². The zero-order chi connectivity index (χ0) is 13.0. The molecule has 2 heterocycles. The van der Waals surface area contributed by atoms with E-state index in [1.165, 1.54) is 0 Å². The monoisotopic (exact) mass is 251 g/mol. The van der Waals surface area contributed by atoms with Crippen molar-refractivity contribution in [3.8, 4) is 0 Å². The SMILES string of the molecule is CC(C)(C)C(Cn1ccnc1)NC1CCOCC1. The maximum atomic E-state index is 5.42. The molecular weight excluding hydrogens is 226 g/mol. The van der Waals surface area contributed by atoms with Crippen molar-refractivity contribution in [3.05, 3.63) is 18.7 Å². The van der Waals surface area contributed by atoms with E-state index in [1.54, 1.807) is 0 Å². The minimum Gasteiger partial charge on any atom is -0.381 e. The van der Waals surface area contributed by atoms with Crippen LogP contribution in [0.4, 0.5) is 0 Å². The predicted molar refractivity (Wildman–Crippen MR) is 72.4 cm³/mol. The lowest BCUT2D eigenvalue weighted by Crippen LogP contribution is -2.49. The average molecular weight is 251 g/mol. The molecule has 0 aromatic carbocycles. The quantitative estimate of drug-likeness (QED) is 0.890. The average Bonchev–Trinajstić information content (AvgIpc) is 2.81. The van der Waals surface area contributed by atoms with E-state index in [2.05, 4.69) is 35.6 Å². The van der Waals surface area contributed by atoms with Crippen LogP contribution in [0, 0.1) is 5.41 Å². The van der Waals surface area contributed by atoms with Crippen LogP contribution in [-0.4, -0.2) is 34.8 Å². The second kappa shape index (κ2) is 5.85. The maximum Gasteiger partial charge on any atom is 0.0946 e. The Morgan fingerprint density at radius 3 is 2.67 bits per heavy atom. The van der Waals surface area contributed by atoms with Gasteiger partial charge in [0.25, 0.3) is 0 Å². The molecular formula is C14H25N3O. The summed E-state index contributed by atoms with van der Waals surface area (Å²) in [6.07, 6.45) is 8.01. The van der Waals surface area contributed by atoms with Gasteiger partial charge in [-0.2, -0.15) is 0 Å².